The lowest BCUT2D eigenvalue weighted by atomic mass is 9.79. The van der Waals surface area contributed by atoms with Crippen LogP contribution in [0.15, 0.2) is 12.1 Å². The van der Waals surface area contributed by atoms with Crippen LogP contribution in [0.4, 0.5) is 5.69 Å². The molecule has 1 heterocycles. The van der Waals surface area contributed by atoms with Gasteiger partial charge in [-0.25, -0.2) is 0 Å². The average Bonchev–Trinajstić information content (AvgIpc) is 2.47. The summed E-state index contributed by atoms with van der Waals surface area (Å²) in [7, 11) is -0.761. The number of nitrogens with zero attached hydrogens (tertiary/aromatic N) is 1. The van der Waals surface area contributed by atoms with Gasteiger partial charge in [0.15, 0.2) is 0 Å². The highest BCUT2D eigenvalue weighted by Crippen LogP contribution is 2.38. The Hall–Kier alpha value is -0.815. The second-order valence-corrected chi connectivity index (χ2v) is 6.43. The second-order valence-electron chi connectivity index (χ2n) is 5.64. The first-order chi connectivity index (χ1) is 9.07. The molecule has 0 bridgehead atoms. The normalized spacial score (nSPS) is 20.2. The maximum atomic E-state index is 11.0. The van der Waals surface area contributed by atoms with Gasteiger partial charge in [-0.1, -0.05) is 29.3 Å². The Morgan fingerprint density at radius 3 is 2.10 bits per heavy atom. The van der Waals surface area contributed by atoms with E-state index < -0.39 is 23.2 Å². The monoisotopic (exact) mass is 317 g/mol. The number of halogens is 2. The molecular weight excluding hydrogens is 304 g/mol. The van der Waals surface area contributed by atoms with E-state index in [0.717, 1.165) is 0 Å². The second kappa shape index (κ2) is 4.88. The van der Waals surface area contributed by atoms with Gasteiger partial charge in [-0.3, -0.25) is 10.1 Å². The average molecular weight is 318 g/mol. The van der Waals surface area contributed by atoms with Gasteiger partial charge in [-0.2, -0.15) is 0 Å². The van der Waals surface area contributed by atoms with Crippen molar-refractivity contribution in [3.63, 3.8) is 0 Å². The summed E-state index contributed by atoms with van der Waals surface area (Å²) in [5.41, 5.74) is -1.02. The molecule has 1 saturated heterocycles. The van der Waals surface area contributed by atoms with E-state index in [1.165, 1.54) is 6.07 Å². The van der Waals surface area contributed by atoms with Crippen LogP contribution in [0, 0.1) is 10.1 Å². The van der Waals surface area contributed by atoms with Gasteiger partial charge in [0.2, 0.25) is 0 Å². The molecule has 20 heavy (non-hydrogen) atoms. The Morgan fingerprint density at radius 2 is 1.65 bits per heavy atom. The van der Waals surface area contributed by atoms with Crippen LogP contribution in [0.25, 0.3) is 0 Å². The number of rotatable bonds is 2. The zero-order chi connectivity index (χ0) is 15.3. The Morgan fingerprint density at radius 1 is 1.15 bits per heavy atom. The molecule has 1 aliphatic heterocycles. The van der Waals surface area contributed by atoms with Crippen molar-refractivity contribution in [3.8, 4) is 0 Å². The maximum Gasteiger partial charge on any atom is 0.496 e. The summed E-state index contributed by atoms with van der Waals surface area (Å²) in [5, 5.41) is 11.0. The topological polar surface area (TPSA) is 61.6 Å². The highest BCUT2D eigenvalue weighted by Gasteiger charge is 2.52. The molecule has 0 atom stereocenters. The third-order valence-corrected chi connectivity index (χ3v) is 4.49. The maximum absolute atomic E-state index is 11.0. The minimum Gasteiger partial charge on any atom is -0.399 e. The summed E-state index contributed by atoms with van der Waals surface area (Å²) >= 11 is 11.9. The van der Waals surface area contributed by atoms with E-state index >= 15 is 0 Å². The quantitative estimate of drug-likeness (QED) is 0.477. The molecule has 1 aromatic rings. The number of nitro groups is 1. The molecule has 0 N–H and O–H groups in total. The van der Waals surface area contributed by atoms with Crippen LogP contribution in [0.3, 0.4) is 0 Å². The summed E-state index contributed by atoms with van der Waals surface area (Å²) in [6.45, 7) is 7.58. The van der Waals surface area contributed by atoms with Crippen LogP contribution >= 0.6 is 23.2 Å². The largest absolute Gasteiger partial charge is 0.496 e. The minimum atomic E-state index is -0.761. The number of benzene rings is 1. The van der Waals surface area contributed by atoms with Gasteiger partial charge in [-0.05, 0) is 33.8 Å². The van der Waals surface area contributed by atoms with E-state index in [1.807, 2.05) is 27.7 Å². The third kappa shape index (κ3) is 2.41. The van der Waals surface area contributed by atoms with E-state index in [0.29, 0.717) is 5.46 Å². The van der Waals surface area contributed by atoms with E-state index in [-0.39, 0.29) is 15.7 Å². The van der Waals surface area contributed by atoms with E-state index in [1.54, 1.807) is 6.07 Å². The first-order valence-electron chi connectivity index (χ1n) is 6.05. The lowest BCUT2D eigenvalue weighted by Crippen LogP contribution is -2.41. The predicted octanol–water partition coefficient (Wildman–Crippen LogP) is 3.20. The predicted molar refractivity (Wildman–Crippen MR) is 78.8 cm³/mol. The first kappa shape index (κ1) is 15.6. The van der Waals surface area contributed by atoms with Crippen molar-refractivity contribution >= 4 is 41.5 Å². The van der Waals surface area contributed by atoms with Crippen LogP contribution in [0.5, 0.6) is 0 Å². The lowest BCUT2D eigenvalue weighted by Gasteiger charge is -2.32. The Balaban J connectivity index is 2.46. The first-order valence-corrected chi connectivity index (χ1v) is 6.80. The van der Waals surface area contributed by atoms with Gasteiger partial charge in [0.1, 0.15) is 10.0 Å². The van der Waals surface area contributed by atoms with Crippen LogP contribution in [0.2, 0.25) is 10.0 Å². The van der Waals surface area contributed by atoms with Gasteiger partial charge in [0, 0.05) is 5.46 Å². The zero-order valence-corrected chi connectivity index (χ0v) is 13.1. The molecule has 0 spiro atoms. The highest BCUT2D eigenvalue weighted by molar-refractivity contribution is 6.66. The summed E-state index contributed by atoms with van der Waals surface area (Å²) in [6.07, 6.45) is 0. The molecule has 0 amide bonds. The molecule has 0 saturated carbocycles. The molecule has 1 fully saturated rings. The highest BCUT2D eigenvalue weighted by atomic mass is 35.5. The molecule has 0 aromatic heterocycles. The van der Waals surface area contributed by atoms with Crippen LogP contribution in [-0.4, -0.2) is 23.2 Å². The van der Waals surface area contributed by atoms with Gasteiger partial charge in [0.25, 0.3) is 0 Å². The molecule has 5 nitrogen and oxygen atoms in total. The standard InChI is InChI=1S/C12H14BCl2NO4/c1-11(2)12(3,4)20-13(19-11)7-5-6-8(14)10(9(7)15)16(17)18/h5-6H,1-4H3. The minimum absolute atomic E-state index is 0.0136. The lowest BCUT2D eigenvalue weighted by molar-refractivity contribution is -0.384. The summed E-state index contributed by atoms with van der Waals surface area (Å²) in [4.78, 5) is 10.4. The number of hydrogen-bond donors (Lipinski definition) is 0. The Kier molecular flexibility index (Phi) is 3.80. The molecule has 1 aromatic carbocycles. The third-order valence-electron chi connectivity index (χ3n) is 3.79. The number of hydrogen-bond acceptors (Lipinski definition) is 4. The molecule has 108 valence electrons. The smallest absolute Gasteiger partial charge is 0.399 e. The van der Waals surface area contributed by atoms with Crippen molar-refractivity contribution < 1.29 is 14.2 Å². The summed E-state index contributed by atoms with van der Waals surface area (Å²) in [6, 6.07) is 3.01. The molecular formula is C12H14BCl2NO4. The Labute approximate surface area is 127 Å². The van der Waals surface area contributed by atoms with Gasteiger partial charge < -0.3 is 9.31 Å². The van der Waals surface area contributed by atoms with Crippen molar-refractivity contribution in [2.75, 3.05) is 0 Å². The fourth-order valence-corrected chi connectivity index (χ4v) is 2.47. The molecule has 0 radical (unpaired) electrons. The van der Waals surface area contributed by atoms with Crippen molar-refractivity contribution in [3.05, 3.63) is 32.3 Å². The zero-order valence-electron chi connectivity index (χ0n) is 11.6. The van der Waals surface area contributed by atoms with E-state index in [9.17, 15) is 10.1 Å². The molecule has 0 unspecified atom stereocenters. The van der Waals surface area contributed by atoms with Crippen LogP contribution < -0.4 is 5.46 Å². The fourth-order valence-electron chi connectivity index (χ4n) is 1.88. The number of nitro benzene ring substituents is 1. The van der Waals surface area contributed by atoms with E-state index in [4.69, 9.17) is 32.5 Å². The van der Waals surface area contributed by atoms with Crippen LogP contribution in [-0.2, 0) is 9.31 Å². The van der Waals surface area contributed by atoms with Crippen molar-refractivity contribution in [1.29, 1.82) is 0 Å². The van der Waals surface area contributed by atoms with E-state index in [2.05, 4.69) is 0 Å². The Bertz CT molecular complexity index is 561. The van der Waals surface area contributed by atoms with Crippen LogP contribution in [0.1, 0.15) is 27.7 Å². The summed E-state index contributed by atoms with van der Waals surface area (Å²) < 4.78 is 11.7. The van der Waals surface area contributed by atoms with Crippen molar-refractivity contribution in [1.82, 2.24) is 0 Å². The fraction of sp³-hybridized carbons (Fsp3) is 0.500. The van der Waals surface area contributed by atoms with Crippen molar-refractivity contribution in [2.24, 2.45) is 0 Å². The molecule has 2 rings (SSSR count). The summed E-state index contributed by atoms with van der Waals surface area (Å²) in [5.74, 6) is 0. The SMILES string of the molecule is CC1(C)OB(c2ccc(Cl)c([N+](=O)[O-])c2Cl)OC1(C)C. The molecule has 1 aliphatic rings. The van der Waals surface area contributed by atoms with Gasteiger partial charge in [0.05, 0.1) is 16.1 Å². The molecule has 0 aliphatic carbocycles. The van der Waals surface area contributed by atoms with Crippen molar-refractivity contribution in [2.45, 2.75) is 38.9 Å². The van der Waals surface area contributed by atoms with Gasteiger partial charge >= 0.3 is 12.8 Å². The molecule has 8 heteroatoms. The van der Waals surface area contributed by atoms with Gasteiger partial charge in [-0.15, -0.1) is 0 Å².